The number of amides is 2. The Kier molecular flexibility index (Phi) is 5.65. The zero-order chi connectivity index (χ0) is 21.3. The number of carbonyl (C=O) groups is 2. The predicted octanol–water partition coefficient (Wildman–Crippen LogP) is 2.05. The molecule has 1 atom stereocenters. The number of anilines is 1. The van der Waals surface area contributed by atoms with Gasteiger partial charge in [-0.05, 0) is 19.9 Å². The fourth-order valence-corrected chi connectivity index (χ4v) is 3.25. The van der Waals surface area contributed by atoms with Crippen LogP contribution in [-0.4, -0.2) is 40.5 Å². The van der Waals surface area contributed by atoms with E-state index < -0.39 is 18.8 Å². The molecule has 29 heavy (non-hydrogen) atoms. The van der Waals surface area contributed by atoms with Crippen molar-refractivity contribution in [1.82, 2.24) is 9.88 Å². The summed E-state index contributed by atoms with van der Waals surface area (Å²) in [5.74, 6) is 0.0673. The van der Waals surface area contributed by atoms with Crippen LogP contribution in [0.15, 0.2) is 35.5 Å². The number of fused-ring (bicyclic) bond motifs is 1. The monoisotopic (exact) mass is 411 g/mol. The fourth-order valence-electron chi connectivity index (χ4n) is 3.25. The highest BCUT2D eigenvalue weighted by Gasteiger charge is 2.38. The van der Waals surface area contributed by atoms with Crippen molar-refractivity contribution in [3.63, 3.8) is 0 Å². The molecule has 0 saturated heterocycles. The Morgan fingerprint density at radius 2 is 2.17 bits per heavy atom. The number of rotatable bonds is 6. The van der Waals surface area contributed by atoms with Crippen molar-refractivity contribution in [3.8, 4) is 0 Å². The summed E-state index contributed by atoms with van der Waals surface area (Å²) < 4.78 is 42.2. The maximum Gasteiger partial charge on any atom is 0.422 e. The molecule has 10 heteroatoms. The largest absolute Gasteiger partial charge is 0.442 e. The predicted molar refractivity (Wildman–Crippen MR) is 97.2 cm³/mol. The van der Waals surface area contributed by atoms with Gasteiger partial charge in [0.2, 0.25) is 5.91 Å². The topological polar surface area (TPSA) is 88.1 Å². The van der Waals surface area contributed by atoms with Gasteiger partial charge in [-0.15, -0.1) is 0 Å². The Morgan fingerprint density at radius 1 is 1.45 bits per heavy atom. The molecule has 0 aliphatic carbocycles. The van der Waals surface area contributed by atoms with Crippen LogP contribution in [0.25, 0.3) is 0 Å². The summed E-state index contributed by atoms with van der Waals surface area (Å²) in [6, 6.07) is 1.20. The minimum Gasteiger partial charge on any atom is -0.442 e. The van der Waals surface area contributed by atoms with Crippen LogP contribution in [0.5, 0.6) is 0 Å². The zero-order valence-corrected chi connectivity index (χ0v) is 16.3. The molecule has 3 heterocycles. The molecule has 0 aromatic carbocycles. The maximum absolute atomic E-state index is 12.9. The van der Waals surface area contributed by atoms with Gasteiger partial charge in [-0.1, -0.05) is 6.92 Å². The van der Waals surface area contributed by atoms with E-state index in [0.717, 1.165) is 0 Å². The minimum absolute atomic E-state index is 0.144. The summed E-state index contributed by atoms with van der Waals surface area (Å²) in [5, 5.41) is 4.23. The number of ether oxygens (including phenoxy) is 1. The number of carbonyl (C=O) groups excluding carboxylic acids is 2. The van der Waals surface area contributed by atoms with Gasteiger partial charge in [0.05, 0.1) is 12.1 Å². The second-order valence-electron chi connectivity index (χ2n) is 6.94. The van der Waals surface area contributed by atoms with Crippen molar-refractivity contribution >= 4 is 17.6 Å². The lowest BCUT2D eigenvalue weighted by molar-refractivity contribution is -0.587. The molecule has 0 radical (unpaired) electrons. The van der Waals surface area contributed by atoms with E-state index in [0.29, 0.717) is 28.2 Å². The number of alkyl halides is 3. The molecule has 0 fully saturated rings. The molecule has 7 nitrogen and oxygen atoms in total. The zero-order valence-electron chi connectivity index (χ0n) is 16.3. The fraction of sp³-hybridized carbons (Fsp3) is 0.421. The lowest BCUT2D eigenvalue weighted by atomic mass is 10.1. The number of pyridine rings is 1. The van der Waals surface area contributed by atoms with Crippen molar-refractivity contribution in [1.29, 1.82) is 0 Å². The third-order valence-corrected chi connectivity index (χ3v) is 4.87. The van der Waals surface area contributed by atoms with Crippen LogP contribution >= 0.6 is 0 Å². The molecule has 0 saturated carbocycles. The van der Waals surface area contributed by atoms with E-state index >= 15 is 0 Å². The van der Waals surface area contributed by atoms with Gasteiger partial charge in [0.25, 0.3) is 11.8 Å². The van der Waals surface area contributed by atoms with Crippen LogP contribution in [0.1, 0.15) is 43.1 Å². The summed E-state index contributed by atoms with van der Waals surface area (Å²) >= 11 is 0. The van der Waals surface area contributed by atoms with E-state index in [9.17, 15) is 22.8 Å². The molecule has 1 aromatic rings. The Hall–Kier alpha value is -2.88. The number of aromatic nitrogens is 1. The molecule has 2 aliphatic heterocycles. The Labute approximate surface area is 165 Å². The first kappa shape index (κ1) is 20.8. The molecular formula is C19H22F3N4O3+. The Morgan fingerprint density at radius 3 is 2.83 bits per heavy atom. The van der Waals surface area contributed by atoms with Crippen LogP contribution in [0.4, 0.5) is 19.0 Å². The molecular weight excluding hydrogens is 389 g/mol. The first-order chi connectivity index (χ1) is 13.6. The third-order valence-electron chi connectivity index (χ3n) is 4.87. The van der Waals surface area contributed by atoms with Gasteiger partial charge < -0.3 is 15.0 Å². The second kappa shape index (κ2) is 7.86. The number of nitrogens with two attached hydrogens (primary N) is 1. The van der Waals surface area contributed by atoms with E-state index in [1.807, 2.05) is 0 Å². The lowest BCUT2D eigenvalue weighted by Crippen LogP contribution is -2.81. The van der Waals surface area contributed by atoms with Crippen LogP contribution in [0.3, 0.4) is 0 Å². The van der Waals surface area contributed by atoms with E-state index in [1.165, 1.54) is 11.5 Å². The maximum atomic E-state index is 12.9. The second-order valence-corrected chi connectivity index (χ2v) is 6.94. The minimum atomic E-state index is -4.42. The number of allylic oxidation sites excluding steroid dienone is 2. The molecule has 2 amide bonds. The van der Waals surface area contributed by atoms with Gasteiger partial charge in [0, 0.05) is 29.8 Å². The number of halogens is 3. The third kappa shape index (κ3) is 4.42. The van der Waals surface area contributed by atoms with Gasteiger partial charge in [0.1, 0.15) is 17.6 Å². The summed E-state index contributed by atoms with van der Waals surface area (Å²) in [7, 11) is 0. The highest BCUT2D eigenvalue weighted by Crippen LogP contribution is 2.31. The molecule has 2 aliphatic rings. The van der Waals surface area contributed by atoms with E-state index in [2.05, 4.69) is 10.3 Å². The van der Waals surface area contributed by atoms with Crippen LogP contribution < -0.4 is 10.6 Å². The average Bonchev–Trinajstić information content (AvgIpc) is 3.20. The average molecular weight is 411 g/mol. The van der Waals surface area contributed by atoms with E-state index in [1.54, 1.807) is 37.8 Å². The van der Waals surface area contributed by atoms with E-state index in [4.69, 9.17) is 4.74 Å². The Balaban J connectivity index is 1.72. The summed E-state index contributed by atoms with van der Waals surface area (Å²) in [5.41, 5.74) is 2.32. The summed E-state index contributed by atoms with van der Waals surface area (Å²) in [6.45, 7) is 4.04. The van der Waals surface area contributed by atoms with Crippen LogP contribution in [-0.2, 0) is 16.1 Å². The van der Waals surface area contributed by atoms with Gasteiger partial charge in [0.15, 0.2) is 6.61 Å². The van der Waals surface area contributed by atoms with Gasteiger partial charge >= 0.3 is 6.18 Å². The smallest absolute Gasteiger partial charge is 0.422 e. The van der Waals surface area contributed by atoms with Gasteiger partial charge in [-0.3, -0.25) is 14.9 Å². The van der Waals surface area contributed by atoms with Crippen molar-refractivity contribution in [3.05, 3.63) is 46.6 Å². The van der Waals surface area contributed by atoms with Gasteiger partial charge in [-0.2, -0.15) is 13.2 Å². The number of hydrogen-bond donors (Lipinski definition) is 2. The van der Waals surface area contributed by atoms with Crippen LogP contribution in [0, 0.1) is 0 Å². The SMILES string of the molecule is CCC(=O)Nc1nccc2c1CN(C(C)C1=CC(C)=C(OCC(F)(F)F)[NH2+]1)C2=O. The number of nitrogens with one attached hydrogen (secondary N) is 1. The first-order valence-electron chi connectivity index (χ1n) is 9.16. The number of nitrogens with zero attached hydrogens (tertiary/aromatic N) is 2. The summed E-state index contributed by atoms with van der Waals surface area (Å²) in [4.78, 5) is 30.4. The highest BCUT2D eigenvalue weighted by atomic mass is 19.4. The van der Waals surface area contributed by atoms with Crippen molar-refractivity contribution in [2.24, 2.45) is 0 Å². The molecule has 1 aromatic heterocycles. The number of hydrogen-bond acceptors (Lipinski definition) is 4. The molecule has 156 valence electrons. The van der Waals surface area contributed by atoms with Gasteiger partial charge in [-0.25, -0.2) is 4.98 Å². The van der Waals surface area contributed by atoms with E-state index in [-0.39, 0.29) is 30.7 Å². The molecule has 1 unspecified atom stereocenters. The van der Waals surface area contributed by atoms with Crippen molar-refractivity contribution < 1.29 is 32.8 Å². The number of quaternary nitrogens is 1. The molecule has 0 bridgehead atoms. The first-order valence-corrected chi connectivity index (χ1v) is 9.16. The van der Waals surface area contributed by atoms with Crippen molar-refractivity contribution in [2.75, 3.05) is 11.9 Å². The Bertz CT molecular complexity index is 908. The summed E-state index contributed by atoms with van der Waals surface area (Å²) in [6.07, 6.45) is -0.960. The molecule has 3 N–H and O–H groups in total. The molecule has 0 spiro atoms. The lowest BCUT2D eigenvalue weighted by Gasteiger charge is -2.23. The highest BCUT2D eigenvalue weighted by molar-refractivity contribution is 6.01. The standard InChI is InChI=1S/C19H21F3N4O3/c1-4-15(27)25-16-13-8-26(18(28)12(13)5-6-23-16)11(3)14-7-10(2)17(24-14)29-9-19(20,21)22/h5-7,11,24H,4,8-9H2,1-3H3,(H,23,25,27)/p+1. The van der Waals surface area contributed by atoms with Crippen molar-refractivity contribution in [2.45, 2.75) is 46.0 Å². The normalized spacial score (nSPS) is 17.4. The van der Waals surface area contributed by atoms with Crippen LogP contribution in [0.2, 0.25) is 0 Å². The molecule has 3 rings (SSSR count). The quantitative estimate of drug-likeness (QED) is 0.750.